The summed E-state index contributed by atoms with van der Waals surface area (Å²) in [6.07, 6.45) is -4.53. The molecule has 0 fully saturated rings. The molecule has 2 N–H and O–H groups in total. The minimum Gasteiger partial charge on any atom is -0.456 e. The average molecular weight is 387 g/mol. The summed E-state index contributed by atoms with van der Waals surface area (Å²) < 4.78 is 48.0. The quantitative estimate of drug-likeness (QED) is 0.778. The molecule has 0 atom stereocenters. The fourth-order valence-corrected chi connectivity index (χ4v) is 3.06. The number of hydrogen-bond acceptors (Lipinski definition) is 4. The van der Waals surface area contributed by atoms with Crippen molar-refractivity contribution < 1.29 is 22.4 Å². The van der Waals surface area contributed by atoms with Crippen LogP contribution < -0.4 is 15.3 Å². The third-order valence-electron chi connectivity index (χ3n) is 4.22. The molecule has 0 unspecified atom stereocenters. The van der Waals surface area contributed by atoms with Crippen LogP contribution in [0.2, 0.25) is 0 Å². The highest BCUT2D eigenvalue weighted by Crippen LogP contribution is 2.34. The first-order valence-electron chi connectivity index (χ1n) is 8.39. The second-order valence-electron chi connectivity index (χ2n) is 6.32. The molecule has 2 aliphatic rings. The summed E-state index contributed by atoms with van der Waals surface area (Å²) in [7, 11) is 0. The number of benzene rings is 1. The highest BCUT2D eigenvalue weighted by atomic mass is 19.4. The van der Waals surface area contributed by atoms with E-state index in [0.717, 1.165) is 0 Å². The van der Waals surface area contributed by atoms with Gasteiger partial charge in [-0.2, -0.15) is 17.8 Å². The fourth-order valence-electron chi connectivity index (χ4n) is 3.06. The Balaban J connectivity index is 1.66. The van der Waals surface area contributed by atoms with Crippen molar-refractivity contribution in [2.24, 2.45) is 4.99 Å². The zero-order chi connectivity index (χ0) is 19.9. The number of guanidine groups is 1. The van der Waals surface area contributed by atoms with Crippen LogP contribution in [-0.4, -0.2) is 23.4 Å². The van der Waals surface area contributed by atoms with Gasteiger partial charge in [-0.05, 0) is 25.1 Å². The predicted molar refractivity (Wildman–Crippen MR) is 97.2 cm³/mol. The number of anilines is 1. The molecule has 3 heterocycles. The van der Waals surface area contributed by atoms with E-state index in [-0.39, 0.29) is 36.2 Å². The molecule has 1 aromatic heterocycles. The van der Waals surface area contributed by atoms with Crippen molar-refractivity contribution in [2.75, 3.05) is 5.32 Å². The maximum atomic E-state index is 13.1. The van der Waals surface area contributed by atoms with Gasteiger partial charge in [0.1, 0.15) is 5.76 Å². The predicted octanol–water partition coefficient (Wildman–Crippen LogP) is 2.56. The molecule has 0 saturated carbocycles. The molecule has 1 aromatic carbocycles. The SMILES string of the molecule is Cc1cc(CNC2=[N+]=C=C3CC(=O)Nc4ccccc4C3=N2)c(C(F)(F)F)o1. The first-order valence-corrected chi connectivity index (χ1v) is 8.39. The van der Waals surface area contributed by atoms with E-state index in [4.69, 9.17) is 4.42 Å². The van der Waals surface area contributed by atoms with E-state index in [1.807, 2.05) is 0 Å². The average Bonchev–Trinajstić information content (AvgIpc) is 2.95. The smallest absolute Gasteiger partial charge is 0.456 e. The summed E-state index contributed by atoms with van der Waals surface area (Å²) >= 11 is 0. The third kappa shape index (κ3) is 3.36. The zero-order valence-corrected chi connectivity index (χ0v) is 14.6. The lowest BCUT2D eigenvalue weighted by atomic mass is 10.0. The number of fused-ring (bicyclic) bond motifs is 3. The summed E-state index contributed by atoms with van der Waals surface area (Å²) in [6.45, 7) is 1.28. The number of furan rings is 1. The molecule has 0 bridgehead atoms. The second kappa shape index (κ2) is 6.56. The van der Waals surface area contributed by atoms with Gasteiger partial charge in [-0.15, -0.1) is 0 Å². The van der Waals surface area contributed by atoms with Gasteiger partial charge in [-0.3, -0.25) is 10.1 Å². The van der Waals surface area contributed by atoms with Gasteiger partial charge in [-0.1, -0.05) is 17.1 Å². The van der Waals surface area contributed by atoms with Crippen LogP contribution in [0.1, 0.15) is 29.1 Å². The zero-order valence-electron chi connectivity index (χ0n) is 14.6. The number of amides is 1. The van der Waals surface area contributed by atoms with Gasteiger partial charge >= 0.3 is 12.1 Å². The number of nitrogens with zero attached hydrogens (tertiary/aromatic N) is 2. The van der Waals surface area contributed by atoms with Crippen LogP contribution in [0.3, 0.4) is 0 Å². The Morgan fingerprint density at radius 3 is 2.93 bits per heavy atom. The third-order valence-corrected chi connectivity index (χ3v) is 4.22. The number of carbonyl (C=O) groups excluding carboxylic acids is 1. The number of halogens is 3. The van der Waals surface area contributed by atoms with E-state index in [0.29, 0.717) is 22.5 Å². The molecule has 0 aliphatic carbocycles. The van der Waals surface area contributed by atoms with Gasteiger partial charge in [0.05, 0.1) is 24.2 Å². The van der Waals surface area contributed by atoms with E-state index in [1.165, 1.54) is 13.0 Å². The largest absolute Gasteiger partial charge is 0.490 e. The lowest BCUT2D eigenvalue weighted by molar-refractivity contribution is -0.154. The van der Waals surface area contributed by atoms with Crippen molar-refractivity contribution in [3.8, 4) is 0 Å². The van der Waals surface area contributed by atoms with Crippen molar-refractivity contribution in [1.29, 1.82) is 0 Å². The van der Waals surface area contributed by atoms with Crippen LogP contribution in [0.4, 0.5) is 18.9 Å². The molecule has 142 valence electrons. The van der Waals surface area contributed by atoms with Crippen molar-refractivity contribution >= 4 is 29.1 Å². The maximum Gasteiger partial charge on any atom is 0.490 e. The number of aryl methyl sites for hydroxylation is 1. The van der Waals surface area contributed by atoms with E-state index in [9.17, 15) is 18.0 Å². The van der Waals surface area contributed by atoms with Gasteiger partial charge < -0.3 is 9.73 Å². The second-order valence-corrected chi connectivity index (χ2v) is 6.32. The Bertz CT molecular complexity index is 1110. The fraction of sp³-hybridized carbons (Fsp3) is 0.211. The molecule has 6 nitrogen and oxygen atoms in total. The number of aliphatic imine (C=N–C) groups is 1. The Hall–Kier alpha value is -3.54. The van der Waals surface area contributed by atoms with Crippen molar-refractivity contribution in [3.63, 3.8) is 0 Å². The molecule has 9 heteroatoms. The number of alkyl halides is 3. The van der Waals surface area contributed by atoms with E-state index >= 15 is 0 Å². The van der Waals surface area contributed by atoms with E-state index in [2.05, 4.69) is 26.2 Å². The summed E-state index contributed by atoms with van der Waals surface area (Å²) in [6, 6.07) is 8.46. The Kier molecular flexibility index (Phi) is 4.19. The first-order chi connectivity index (χ1) is 13.3. The van der Waals surface area contributed by atoms with Gasteiger partial charge in [0, 0.05) is 11.1 Å². The molecule has 2 aromatic rings. The molecule has 0 spiro atoms. The van der Waals surface area contributed by atoms with Crippen molar-refractivity contribution in [1.82, 2.24) is 9.98 Å². The molecular weight excluding hydrogens is 373 g/mol. The van der Waals surface area contributed by atoms with Crippen LogP contribution in [-0.2, 0) is 17.5 Å². The monoisotopic (exact) mass is 387 g/mol. The number of hydrogen-bond donors (Lipinski definition) is 2. The van der Waals surface area contributed by atoms with E-state index < -0.39 is 11.9 Å². The lowest BCUT2D eigenvalue weighted by Crippen LogP contribution is -2.28. The van der Waals surface area contributed by atoms with E-state index in [1.54, 1.807) is 24.3 Å². The molecule has 0 radical (unpaired) electrons. The number of rotatable bonds is 2. The first kappa shape index (κ1) is 17.9. The minimum atomic E-state index is -4.59. The summed E-state index contributed by atoms with van der Waals surface area (Å²) in [5.74, 6) is 1.79. The number of carbonyl (C=O) groups is 1. The lowest BCUT2D eigenvalue weighted by Gasteiger charge is -2.06. The normalized spacial score (nSPS) is 15.6. The van der Waals surface area contributed by atoms with Gasteiger partial charge in [0.15, 0.2) is 11.6 Å². The maximum absolute atomic E-state index is 13.1. The Labute approximate surface area is 157 Å². The molecule has 4 rings (SSSR count). The van der Waals surface area contributed by atoms with Crippen molar-refractivity contribution in [3.05, 3.63) is 58.6 Å². The molecule has 28 heavy (non-hydrogen) atoms. The van der Waals surface area contributed by atoms with Crippen LogP contribution in [0.15, 0.2) is 45.3 Å². The summed E-state index contributed by atoms with van der Waals surface area (Å²) in [5.41, 5.74) is 2.28. The number of para-hydroxylation sites is 1. The summed E-state index contributed by atoms with van der Waals surface area (Å²) in [5, 5.41) is 5.57. The number of nitrogens with one attached hydrogen (secondary N) is 2. The molecular formula is C19H14F3N4O2+. The molecule has 2 aliphatic heterocycles. The molecule has 1 amide bonds. The summed E-state index contributed by atoms with van der Waals surface area (Å²) in [4.78, 5) is 16.4. The topological polar surface area (TPSA) is 80.7 Å². The highest BCUT2D eigenvalue weighted by Gasteiger charge is 2.38. The van der Waals surface area contributed by atoms with Gasteiger partial charge in [-0.25, -0.2) is 0 Å². The van der Waals surface area contributed by atoms with Crippen LogP contribution in [0.25, 0.3) is 0 Å². The van der Waals surface area contributed by atoms with Crippen LogP contribution in [0.5, 0.6) is 0 Å². The van der Waals surface area contributed by atoms with Crippen molar-refractivity contribution in [2.45, 2.75) is 26.1 Å². The Morgan fingerprint density at radius 2 is 2.14 bits per heavy atom. The van der Waals surface area contributed by atoms with Gasteiger partial charge in [0.2, 0.25) is 11.7 Å². The standard InChI is InChI=1S/C19H13F3N4O2/c1-10-6-12(17(28-10)19(20,21)22)9-24-18-23-8-11-7-15(27)25-14-5-3-2-4-13(14)16(11)26-18/h2-6H,7,9H2,1H3,(H,24,25,26,27)/p+1. The van der Waals surface area contributed by atoms with Gasteiger partial charge in [0.25, 0.3) is 0 Å². The molecule has 0 saturated heterocycles. The minimum absolute atomic E-state index is 0.0409. The Morgan fingerprint density at radius 1 is 1.36 bits per heavy atom. The highest BCUT2D eigenvalue weighted by molar-refractivity contribution is 6.27. The van der Waals surface area contributed by atoms with Crippen LogP contribution in [0, 0.1) is 6.92 Å². The van der Waals surface area contributed by atoms with Crippen LogP contribution >= 0.6 is 0 Å².